The third kappa shape index (κ3) is 1.35. The van der Waals surface area contributed by atoms with Crippen LogP contribution in [0.4, 0.5) is 0 Å². The molecule has 0 amide bonds. The van der Waals surface area contributed by atoms with Crippen LogP contribution in [-0.4, -0.2) is 20.9 Å². The number of nitrogens with one attached hydrogen (secondary N) is 1. The highest BCUT2D eigenvalue weighted by atomic mass is 16.5. The van der Waals surface area contributed by atoms with Crippen molar-refractivity contribution in [3.8, 4) is 17.1 Å². The van der Waals surface area contributed by atoms with Gasteiger partial charge in [0.25, 0.3) is 0 Å². The molecule has 0 aromatic rings. The average Bonchev–Trinajstić information content (AvgIpc) is 2.48. The van der Waals surface area contributed by atoms with Gasteiger partial charge >= 0.3 is 7.40 Å². The minimum Gasteiger partial charge on any atom is -0.423 e. The number of aromatic amines is 1. The molecule has 0 unspecified atom stereocenters. The van der Waals surface area contributed by atoms with E-state index in [1.54, 1.807) is 6.20 Å². The maximum Gasteiger partial charge on any atom is 1.00 e. The first-order valence-electron chi connectivity index (χ1n) is 3.73. The summed E-state index contributed by atoms with van der Waals surface area (Å²) in [5, 5.41) is 0. The van der Waals surface area contributed by atoms with Crippen molar-refractivity contribution in [1.29, 1.82) is 0 Å². The highest BCUT2D eigenvalue weighted by Crippen LogP contribution is 2.27. The van der Waals surface area contributed by atoms with Gasteiger partial charge in [0.15, 0.2) is 5.75 Å². The van der Waals surface area contributed by atoms with Crippen LogP contribution in [0.5, 0.6) is 5.75 Å². The summed E-state index contributed by atoms with van der Waals surface area (Å²) in [6, 6.07) is 0. The molecule has 2 heterocycles. The van der Waals surface area contributed by atoms with Crippen molar-refractivity contribution in [2.24, 2.45) is 0 Å². The molecule has 13 heavy (non-hydrogen) atoms. The molecule has 2 rings (SSSR count). The largest absolute Gasteiger partial charge is 1.00 e. The lowest BCUT2D eigenvalue weighted by molar-refractivity contribution is -0.131. The van der Waals surface area contributed by atoms with E-state index in [0.717, 1.165) is 0 Å². The fraction of sp³-hybridized carbons (Fsp3) is 0.125. The number of carbonyl (C=O) groups is 1. The van der Waals surface area contributed by atoms with Gasteiger partial charge in [-0.15, -0.1) is 0 Å². The summed E-state index contributed by atoms with van der Waals surface area (Å²) in [7, 11) is 0. The van der Waals surface area contributed by atoms with Crippen LogP contribution in [0.15, 0.2) is 18.7 Å². The van der Waals surface area contributed by atoms with Crippen LogP contribution in [0.2, 0.25) is 0 Å². The van der Waals surface area contributed by atoms with Crippen molar-refractivity contribution < 1.29 is 11.0 Å². The molecule has 0 saturated carbocycles. The summed E-state index contributed by atoms with van der Waals surface area (Å²) in [5.74, 6) is 0.0282. The summed E-state index contributed by atoms with van der Waals surface area (Å²) in [5.41, 5.74) is 1.27. The molecule has 2 aliphatic rings. The SMILES string of the molecule is CC(=O)Oc1cnc2c[nH]cnc1-2.[H+]. The van der Waals surface area contributed by atoms with Gasteiger partial charge in [0.1, 0.15) is 11.4 Å². The second-order valence-corrected chi connectivity index (χ2v) is 2.52. The van der Waals surface area contributed by atoms with Crippen molar-refractivity contribution in [2.45, 2.75) is 6.92 Å². The van der Waals surface area contributed by atoms with Gasteiger partial charge < -0.3 is 9.72 Å². The van der Waals surface area contributed by atoms with E-state index in [4.69, 9.17) is 4.74 Å². The smallest absolute Gasteiger partial charge is 0.423 e. The van der Waals surface area contributed by atoms with Gasteiger partial charge in [-0.05, 0) is 0 Å². The van der Waals surface area contributed by atoms with E-state index < -0.39 is 0 Å². The molecule has 66 valence electrons. The normalized spacial score (nSPS) is 10.2. The van der Waals surface area contributed by atoms with Crippen molar-refractivity contribution in [1.82, 2.24) is 15.0 Å². The first kappa shape index (κ1) is 7.72. The predicted molar refractivity (Wildman–Crippen MR) is 45.4 cm³/mol. The average molecular weight is 178 g/mol. The molecular formula is C8H8N3O2+. The Morgan fingerprint density at radius 3 is 3.23 bits per heavy atom. The third-order valence-corrected chi connectivity index (χ3v) is 1.54. The second-order valence-electron chi connectivity index (χ2n) is 2.52. The lowest BCUT2D eigenvalue weighted by Crippen LogP contribution is -2.01. The number of fused-ring (bicyclic) bond motifs is 1. The summed E-state index contributed by atoms with van der Waals surface area (Å²) in [6.07, 6.45) is 4.68. The van der Waals surface area contributed by atoms with Gasteiger partial charge in [0.2, 0.25) is 0 Å². The minimum absolute atomic E-state index is 0. The molecule has 0 spiro atoms. The van der Waals surface area contributed by atoms with E-state index in [9.17, 15) is 4.79 Å². The quantitative estimate of drug-likeness (QED) is 0.660. The van der Waals surface area contributed by atoms with Gasteiger partial charge in [-0.25, -0.2) is 9.97 Å². The van der Waals surface area contributed by atoms with E-state index in [-0.39, 0.29) is 7.40 Å². The maximum absolute atomic E-state index is 10.7. The Balaban J connectivity index is 0.000000980. The van der Waals surface area contributed by atoms with Crippen LogP contribution in [-0.2, 0) is 4.79 Å². The summed E-state index contributed by atoms with van der Waals surface area (Å²) >= 11 is 0. The number of ether oxygens (including phenoxy) is 1. The Labute approximate surface area is 75.6 Å². The number of rotatable bonds is 1. The molecule has 0 aliphatic carbocycles. The van der Waals surface area contributed by atoms with Gasteiger partial charge in [-0.2, -0.15) is 0 Å². The highest BCUT2D eigenvalue weighted by Gasteiger charge is 2.14. The maximum atomic E-state index is 10.7. The first-order chi connectivity index (χ1) is 6.27. The summed E-state index contributed by atoms with van der Waals surface area (Å²) in [4.78, 5) is 21.5. The minimum atomic E-state index is -0.371. The topological polar surface area (TPSA) is 67.9 Å². The fourth-order valence-corrected chi connectivity index (χ4v) is 1.06. The number of nitrogens with zero attached hydrogens (tertiary/aromatic N) is 2. The Morgan fingerprint density at radius 2 is 2.46 bits per heavy atom. The van der Waals surface area contributed by atoms with Gasteiger partial charge in [-0.3, -0.25) is 4.79 Å². The zero-order chi connectivity index (χ0) is 9.26. The molecule has 0 aromatic heterocycles. The number of hydrogen-bond acceptors (Lipinski definition) is 4. The molecule has 2 aliphatic heterocycles. The Hall–Kier alpha value is -1.91. The Kier molecular flexibility index (Phi) is 1.70. The zero-order valence-corrected chi connectivity index (χ0v) is 6.94. The molecule has 0 bridgehead atoms. The number of aromatic nitrogens is 3. The summed E-state index contributed by atoms with van der Waals surface area (Å²) < 4.78 is 4.89. The van der Waals surface area contributed by atoms with Crippen LogP contribution in [0.1, 0.15) is 8.35 Å². The number of H-pyrrole nitrogens is 1. The molecular weight excluding hydrogens is 170 g/mol. The molecule has 0 aromatic carbocycles. The van der Waals surface area contributed by atoms with Crippen LogP contribution >= 0.6 is 0 Å². The predicted octanol–water partition coefficient (Wildman–Crippen LogP) is 0.947. The zero-order valence-electron chi connectivity index (χ0n) is 7.94. The molecule has 0 radical (unpaired) electrons. The standard InChI is InChI=1S/C8H7N3O2/c1-5(12)13-7-3-10-6-2-9-4-11-8(6)7/h2-4H,1H3,(H,9,11)/p+1. The van der Waals surface area contributed by atoms with Crippen molar-refractivity contribution in [3.05, 3.63) is 18.7 Å². The molecule has 1 N–H and O–H groups in total. The Bertz CT molecular complexity index is 415. The van der Waals surface area contributed by atoms with Crippen molar-refractivity contribution >= 4 is 5.97 Å². The molecule has 0 atom stereocenters. The first-order valence-corrected chi connectivity index (χ1v) is 3.73. The summed E-state index contributed by atoms with van der Waals surface area (Å²) in [6.45, 7) is 1.34. The number of hydrogen-bond donors (Lipinski definition) is 1. The molecule has 0 saturated heterocycles. The van der Waals surface area contributed by atoms with Gasteiger partial charge in [0.05, 0.1) is 12.5 Å². The monoisotopic (exact) mass is 178 g/mol. The Morgan fingerprint density at radius 1 is 1.62 bits per heavy atom. The van der Waals surface area contributed by atoms with E-state index >= 15 is 0 Å². The van der Waals surface area contributed by atoms with Crippen LogP contribution in [0.25, 0.3) is 11.4 Å². The molecule has 5 heteroatoms. The van der Waals surface area contributed by atoms with Crippen LogP contribution < -0.4 is 4.74 Å². The van der Waals surface area contributed by atoms with E-state index in [0.29, 0.717) is 17.1 Å². The van der Waals surface area contributed by atoms with Crippen LogP contribution in [0.3, 0.4) is 0 Å². The fourth-order valence-electron chi connectivity index (χ4n) is 1.06. The lowest BCUT2D eigenvalue weighted by Gasteiger charge is -1.99. The number of carbonyl (C=O) groups excluding carboxylic acids is 1. The van der Waals surface area contributed by atoms with Gasteiger partial charge in [-0.1, -0.05) is 0 Å². The third-order valence-electron chi connectivity index (χ3n) is 1.54. The van der Waals surface area contributed by atoms with Gasteiger partial charge in [0, 0.05) is 13.1 Å². The van der Waals surface area contributed by atoms with E-state index in [1.165, 1.54) is 19.4 Å². The van der Waals surface area contributed by atoms with Crippen molar-refractivity contribution in [3.63, 3.8) is 0 Å². The molecule has 5 nitrogen and oxygen atoms in total. The second kappa shape index (κ2) is 2.85. The van der Waals surface area contributed by atoms with E-state index in [1.807, 2.05) is 0 Å². The van der Waals surface area contributed by atoms with Crippen LogP contribution in [0, 0.1) is 0 Å². The van der Waals surface area contributed by atoms with Crippen molar-refractivity contribution in [2.75, 3.05) is 0 Å². The highest BCUT2D eigenvalue weighted by molar-refractivity contribution is 5.74. The lowest BCUT2D eigenvalue weighted by atomic mass is 10.3. The van der Waals surface area contributed by atoms with E-state index in [2.05, 4.69) is 15.0 Å². The molecule has 0 fully saturated rings. The number of esters is 1.